The van der Waals surface area contributed by atoms with Crippen molar-refractivity contribution in [1.29, 1.82) is 0 Å². The molecule has 0 saturated carbocycles. The van der Waals surface area contributed by atoms with Crippen LogP contribution in [0, 0.1) is 5.41 Å². The first-order valence-corrected chi connectivity index (χ1v) is 7.25. The van der Waals surface area contributed by atoms with Gasteiger partial charge in [-0.1, -0.05) is 32.0 Å². The smallest absolute Gasteiger partial charge is 0.127 e. The molecule has 0 aliphatic rings. The summed E-state index contributed by atoms with van der Waals surface area (Å²) >= 11 is 0. The average molecular weight is 285 g/mol. The fourth-order valence-corrected chi connectivity index (χ4v) is 1.78. The number of benzene rings is 2. The normalized spacial score (nSPS) is 11.2. The van der Waals surface area contributed by atoms with Gasteiger partial charge in [-0.2, -0.15) is 0 Å². The second-order valence-corrected chi connectivity index (χ2v) is 5.85. The van der Waals surface area contributed by atoms with Crippen LogP contribution in [0.3, 0.4) is 0 Å². The Morgan fingerprint density at radius 3 is 2.05 bits per heavy atom. The highest BCUT2D eigenvalue weighted by atomic mass is 16.5. The van der Waals surface area contributed by atoms with Crippen LogP contribution in [-0.4, -0.2) is 13.2 Å². The standard InChI is InChI=1S/C18H23NO2/c1-18(2,14-19)12-13-20-15-8-10-17(11-9-15)21-16-6-4-3-5-7-16/h3-11H,12-14,19H2,1-2H3. The number of hydrogen-bond donors (Lipinski definition) is 1. The van der Waals surface area contributed by atoms with Crippen LogP contribution in [-0.2, 0) is 0 Å². The van der Waals surface area contributed by atoms with Crippen molar-refractivity contribution in [3.63, 3.8) is 0 Å². The van der Waals surface area contributed by atoms with Crippen LogP contribution in [0.2, 0.25) is 0 Å². The Bertz CT molecular complexity index is 535. The van der Waals surface area contributed by atoms with Gasteiger partial charge in [-0.05, 0) is 54.8 Å². The molecular weight excluding hydrogens is 262 g/mol. The molecule has 2 N–H and O–H groups in total. The first kappa shape index (κ1) is 15.4. The van der Waals surface area contributed by atoms with E-state index in [9.17, 15) is 0 Å². The molecule has 0 heterocycles. The number of ether oxygens (including phenoxy) is 2. The molecule has 0 aliphatic carbocycles. The molecule has 0 atom stereocenters. The van der Waals surface area contributed by atoms with Gasteiger partial charge in [0.25, 0.3) is 0 Å². The molecule has 0 spiro atoms. The first-order valence-electron chi connectivity index (χ1n) is 7.25. The molecule has 0 aliphatic heterocycles. The van der Waals surface area contributed by atoms with Crippen molar-refractivity contribution in [1.82, 2.24) is 0 Å². The van der Waals surface area contributed by atoms with Crippen molar-refractivity contribution in [2.75, 3.05) is 13.2 Å². The third kappa shape index (κ3) is 5.12. The summed E-state index contributed by atoms with van der Waals surface area (Å²) in [7, 11) is 0. The lowest BCUT2D eigenvalue weighted by Crippen LogP contribution is -2.25. The monoisotopic (exact) mass is 285 g/mol. The van der Waals surface area contributed by atoms with E-state index in [0.717, 1.165) is 23.7 Å². The minimum atomic E-state index is 0.121. The Kier molecular flexibility index (Phi) is 5.23. The molecule has 0 amide bonds. The maximum absolute atomic E-state index is 5.74. The van der Waals surface area contributed by atoms with Crippen molar-refractivity contribution >= 4 is 0 Å². The predicted molar refractivity (Wildman–Crippen MR) is 85.9 cm³/mol. The largest absolute Gasteiger partial charge is 0.494 e. The van der Waals surface area contributed by atoms with E-state index < -0.39 is 0 Å². The highest BCUT2D eigenvalue weighted by Gasteiger charge is 2.15. The second kappa shape index (κ2) is 7.14. The molecule has 2 aromatic rings. The zero-order valence-corrected chi connectivity index (χ0v) is 12.7. The van der Waals surface area contributed by atoms with Gasteiger partial charge >= 0.3 is 0 Å². The van der Waals surface area contributed by atoms with Crippen molar-refractivity contribution < 1.29 is 9.47 Å². The van der Waals surface area contributed by atoms with E-state index in [1.54, 1.807) is 0 Å². The molecule has 2 rings (SSSR count). The van der Waals surface area contributed by atoms with Gasteiger partial charge in [-0.25, -0.2) is 0 Å². The van der Waals surface area contributed by atoms with Gasteiger partial charge in [-0.15, -0.1) is 0 Å². The molecule has 112 valence electrons. The second-order valence-electron chi connectivity index (χ2n) is 5.85. The number of rotatable bonds is 7. The summed E-state index contributed by atoms with van der Waals surface area (Å²) in [5, 5.41) is 0. The highest BCUT2D eigenvalue weighted by Crippen LogP contribution is 2.24. The lowest BCUT2D eigenvalue weighted by atomic mass is 9.90. The average Bonchev–Trinajstić information content (AvgIpc) is 2.50. The Hall–Kier alpha value is -2.00. The van der Waals surface area contributed by atoms with E-state index in [0.29, 0.717) is 13.2 Å². The maximum Gasteiger partial charge on any atom is 0.127 e. The lowest BCUT2D eigenvalue weighted by Gasteiger charge is -2.22. The maximum atomic E-state index is 5.74. The van der Waals surface area contributed by atoms with Crippen LogP contribution >= 0.6 is 0 Å². The highest BCUT2D eigenvalue weighted by molar-refractivity contribution is 5.35. The summed E-state index contributed by atoms with van der Waals surface area (Å²) in [4.78, 5) is 0. The molecule has 3 heteroatoms. The predicted octanol–water partition coefficient (Wildman–Crippen LogP) is 4.23. The van der Waals surface area contributed by atoms with Gasteiger partial charge in [0.2, 0.25) is 0 Å². The van der Waals surface area contributed by atoms with Crippen molar-refractivity contribution in [2.45, 2.75) is 20.3 Å². The number of hydrogen-bond acceptors (Lipinski definition) is 3. The lowest BCUT2D eigenvalue weighted by molar-refractivity contribution is 0.233. The Labute approximate surface area is 126 Å². The van der Waals surface area contributed by atoms with Gasteiger partial charge in [0.1, 0.15) is 17.2 Å². The van der Waals surface area contributed by atoms with Gasteiger partial charge in [-0.3, -0.25) is 0 Å². The minimum Gasteiger partial charge on any atom is -0.494 e. The van der Waals surface area contributed by atoms with Gasteiger partial charge in [0.15, 0.2) is 0 Å². The van der Waals surface area contributed by atoms with Crippen molar-refractivity contribution in [3.8, 4) is 17.2 Å². The van der Waals surface area contributed by atoms with E-state index >= 15 is 0 Å². The summed E-state index contributed by atoms with van der Waals surface area (Å²) in [6, 6.07) is 17.4. The van der Waals surface area contributed by atoms with Crippen molar-refractivity contribution in [3.05, 3.63) is 54.6 Å². The van der Waals surface area contributed by atoms with Crippen LogP contribution in [0.5, 0.6) is 17.2 Å². The number of nitrogens with two attached hydrogens (primary N) is 1. The third-order valence-electron chi connectivity index (χ3n) is 3.40. The zero-order valence-electron chi connectivity index (χ0n) is 12.7. The van der Waals surface area contributed by atoms with Crippen LogP contribution in [0.25, 0.3) is 0 Å². The fourth-order valence-electron chi connectivity index (χ4n) is 1.78. The Morgan fingerprint density at radius 2 is 1.43 bits per heavy atom. The van der Waals surface area contributed by atoms with E-state index in [1.807, 2.05) is 54.6 Å². The molecule has 0 saturated heterocycles. The van der Waals surface area contributed by atoms with E-state index in [2.05, 4.69) is 13.8 Å². The van der Waals surface area contributed by atoms with E-state index in [4.69, 9.17) is 15.2 Å². The zero-order chi connectivity index (χ0) is 15.1. The van der Waals surface area contributed by atoms with E-state index in [-0.39, 0.29) is 5.41 Å². The summed E-state index contributed by atoms with van der Waals surface area (Å²) < 4.78 is 11.5. The quantitative estimate of drug-likeness (QED) is 0.827. The van der Waals surface area contributed by atoms with Gasteiger partial charge in [0, 0.05) is 0 Å². The van der Waals surface area contributed by atoms with Gasteiger partial charge in [0.05, 0.1) is 6.61 Å². The van der Waals surface area contributed by atoms with Crippen molar-refractivity contribution in [2.24, 2.45) is 11.1 Å². The minimum absolute atomic E-state index is 0.121. The molecule has 0 aromatic heterocycles. The van der Waals surface area contributed by atoms with Gasteiger partial charge < -0.3 is 15.2 Å². The van der Waals surface area contributed by atoms with Crippen LogP contribution in [0.4, 0.5) is 0 Å². The SMILES string of the molecule is CC(C)(CN)CCOc1ccc(Oc2ccccc2)cc1. The number of para-hydroxylation sites is 1. The summed E-state index contributed by atoms with van der Waals surface area (Å²) in [5.74, 6) is 2.48. The molecule has 0 bridgehead atoms. The first-order chi connectivity index (χ1) is 10.1. The third-order valence-corrected chi connectivity index (χ3v) is 3.40. The summed E-state index contributed by atoms with van der Waals surface area (Å²) in [5.41, 5.74) is 5.83. The van der Waals surface area contributed by atoms with Crippen LogP contribution in [0.15, 0.2) is 54.6 Å². The molecular formula is C18H23NO2. The molecule has 0 radical (unpaired) electrons. The molecule has 0 unspecified atom stereocenters. The summed E-state index contributed by atoms with van der Waals surface area (Å²) in [6.07, 6.45) is 0.936. The molecule has 0 fully saturated rings. The van der Waals surface area contributed by atoms with Crippen LogP contribution < -0.4 is 15.2 Å². The van der Waals surface area contributed by atoms with Crippen LogP contribution in [0.1, 0.15) is 20.3 Å². The fraction of sp³-hybridized carbons (Fsp3) is 0.333. The van der Waals surface area contributed by atoms with E-state index in [1.165, 1.54) is 0 Å². The molecule has 21 heavy (non-hydrogen) atoms. The topological polar surface area (TPSA) is 44.5 Å². The molecule has 3 nitrogen and oxygen atoms in total. The Morgan fingerprint density at radius 1 is 0.857 bits per heavy atom. The molecule has 2 aromatic carbocycles. The summed E-state index contributed by atoms with van der Waals surface area (Å²) in [6.45, 7) is 5.63. The Balaban J connectivity index is 1.85.